The van der Waals surface area contributed by atoms with Crippen molar-refractivity contribution in [2.24, 2.45) is 0 Å². The molecular weight excluding hydrogens is 260 g/mol. The van der Waals surface area contributed by atoms with Crippen LogP contribution in [0.5, 0.6) is 0 Å². The Kier molecular flexibility index (Phi) is 3.76. The highest BCUT2D eigenvalue weighted by Crippen LogP contribution is 2.17. The van der Waals surface area contributed by atoms with Gasteiger partial charge in [-0.25, -0.2) is 0 Å². The summed E-state index contributed by atoms with van der Waals surface area (Å²) in [7, 11) is 0. The van der Waals surface area contributed by atoms with Gasteiger partial charge in [0.2, 0.25) is 0 Å². The van der Waals surface area contributed by atoms with Crippen molar-refractivity contribution in [3.05, 3.63) is 36.0 Å². The summed E-state index contributed by atoms with van der Waals surface area (Å²) in [4.78, 5) is 25.6. The minimum atomic E-state index is -1.48. The molecule has 0 aliphatic rings. The lowest BCUT2D eigenvalue weighted by Gasteiger charge is -2.21. The number of benzene rings is 1. The van der Waals surface area contributed by atoms with Gasteiger partial charge in [0.15, 0.2) is 0 Å². The van der Waals surface area contributed by atoms with Gasteiger partial charge in [-0.05, 0) is 13.0 Å². The van der Waals surface area contributed by atoms with Crippen LogP contribution in [0, 0.1) is 0 Å². The molecular formula is C14H16N2O4. The van der Waals surface area contributed by atoms with Crippen LogP contribution in [0.1, 0.15) is 23.7 Å². The van der Waals surface area contributed by atoms with E-state index in [2.05, 4.69) is 10.3 Å². The first kappa shape index (κ1) is 14.1. The fourth-order valence-corrected chi connectivity index (χ4v) is 2.01. The second kappa shape index (κ2) is 5.34. The number of carboxylic acids is 1. The van der Waals surface area contributed by atoms with Crippen LogP contribution >= 0.6 is 0 Å². The number of aliphatic hydroxyl groups is 1. The Morgan fingerprint density at radius 2 is 2.05 bits per heavy atom. The van der Waals surface area contributed by atoms with E-state index in [-0.39, 0.29) is 12.5 Å². The zero-order valence-electron chi connectivity index (χ0n) is 11.0. The van der Waals surface area contributed by atoms with Crippen molar-refractivity contribution in [2.75, 3.05) is 6.54 Å². The van der Waals surface area contributed by atoms with Crippen LogP contribution in [0.3, 0.4) is 0 Å². The van der Waals surface area contributed by atoms with Crippen LogP contribution in [-0.4, -0.2) is 39.2 Å². The molecule has 0 radical (unpaired) electrons. The summed E-state index contributed by atoms with van der Waals surface area (Å²) >= 11 is 0. The number of aromatic amines is 1. The van der Waals surface area contributed by atoms with Gasteiger partial charge in [-0.2, -0.15) is 0 Å². The second-order valence-electron chi connectivity index (χ2n) is 5.00. The molecule has 0 saturated heterocycles. The highest BCUT2D eigenvalue weighted by atomic mass is 16.4. The van der Waals surface area contributed by atoms with Crippen LogP contribution in [0.2, 0.25) is 0 Å². The molecule has 4 N–H and O–H groups in total. The second-order valence-corrected chi connectivity index (χ2v) is 5.00. The van der Waals surface area contributed by atoms with E-state index in [9.17, 15) is 14.7 Å². The number of carboxylic acid groups (broad SMARTS) is 1. The molecule has 1 heterocycles. The van der Waals surface area contributed by atoms with E-state index in [1.165, 1.54) is 6.92 Å². The van der Waals surface area contributed by atoms with Crippen molar-refractivity contribution >= 4 is 22.8 Å². The number of hydrogen-bond donors (Lipinski definition) is 4. The third-order valence-electron chi connectivity index (χ3n) is 3.00. The van der Waals surface area contributed by atoms with Gasteiger partial charge in [-0.3, -0.25) is 9.59 Å². The fraction of sp³-hybridized carbons (Fsp3) is 0.286. The Hall–Kier alpha value is -2.34. The molecule has 20 heavy (non-hydrogen) atoms. The quantitative estimate of drug-likeness (QED) is 0.657. The molecule has 1 aromatic carbocycles. The van der Waals surface area contributed by atoms with Crippen molar-refractivity contribution in [3.8, 4) is 0 Å². The zero-order chi connectivity index (χ0) is 14.8. The summed E-state index contributed by atoms with van der Waals surface area (Å²) in [5, 5.41) is 21.8. The topological polar surface area (TPSA) is 102 Å². The van der Waals surface area contributed by atoms with Crippen LogP contribution in [0.15, 0.2) is 30.5 Å². The van der Waals surface area contributed by atoms with Crippen molar-refractivity contribution in [3.63, 3.8) is 0 Å². The van der Waals surface area contributed by atoms with Gasteiger partial charge in [0, 0.05) is 23.6 Å². The maximum atomic E-state index is 12.1. The highest BCUT2D eigenvalue weighted by molar-refractivity contribution is 6.06. The Bertz CT molecular complexity index is 645. The first-order valence-electron chi connectivity index (χ1n) is 6.17. The molecule has 6 nitrogen and oxygen atoms in total. The predicted molar refractivity (Wildman–Crippen MR) is 73.5 cm³/mol. The van der Waals surface area contributed by atoms with Crippen molar-refractivity contribution < 1.29 is 19.8 Å². The Labute approximate surface area is 115 Å². The molecule has 2 aromatic rings. The number of nitrogens with one attached hydrogen (secondary N) is 2. The van der Waals surface area contributed by atoms with Gasteiger partial charge in [-0.15, -0.1) is 0 Å². The third kappa shape index (κ3) is 3.16. The van der Waals surface area contributed by atoms with Crippen molar-refractivity contribution in [1.29, 1.82) is 0 Å². The molecule has 1 atom stereocenters. The summed E-state index contributed by atoms with van der Waals surface area (Å²) in [6.45, 7) is 1.24. The van der Waals surface area contributed by atoms with Gasteiger partial charge in [0.05, 0.1) is 17.6 Å². The Morgan fingerprint density at radius 3 is 2.75 bits per heavy atom. The zero-order valence-corrected chi connectivity index (χ0v) is 11.0. The lowest BCUT2D eigenvalue weighted by Crippen LogP contribution is -2.42. The first-order valence-corrected chi connectivity index (χ1v) is 6.17. The molecule has 0 spiro atoms. The van der Waals surface area contributed by atoms with E-state index in [4.69, 9.17) is 5.11 Å². The fourth-order valence-electron chi connectivity index (χ4n) is 2.01. The van der Waals surface area contributed by atoms with Gasteiger partial charge in [0.25, 0.3) is 5.91 Å². The Morgan fingerprint density at radius 1 is 1.35 bits per heavy atom. The summed E-state index contributed by atoms with van der Waals surface area (Å²) in [5.74, 6) is -1.47. The number of H-pyrrole nitrogens is 1. The normalized spacial score (nSPS) is 13.9. The first-order chi connectivity index (χ1) is 9.39. The molecule has 0 aliphatic carbocycles. The number of rotatable bonds is 5. The molecule has 106 valence electrons. The molecule has 1 aromatic heterocycles. The molecule has 0 aliphatic heterocycles. The van der Waals surface area contributed by atoms with E-state index < -0.39 is 18.0 Å². The number of fused-ring (bicyclic) bond motifs is 1. The molecule has 1 amide bonds. The number of carbonyl (C=O) groups is 2. The monoisotopic (exact) mass is 276 g/mol. The van der Waals surface area contributed by atoms with E-state index >= 15 is 0 Å². The molecule has 2 rings (SSSR count). The maximum absolute atomic E-state index is 12.1. The van der Waals surface area contributed by atoms with Crippen molar-refractivity contribution in [2.45, 2.75) is 18.9 Å². The number of aliphatic carboxylic acids is 1. The number of hydrogen-bond acceptors (Lipinski definition) is 3. The van der Waals surface area contributed by atoms with Crippen LogP contribution in [0.25, 0.3) is 10.9 Å². The standard InChI is InChI=1S/C14H16N2O4/c1-14(20,6-12(17)18)8-16-13(19)10-7-15-11-5-3-2-4-9(10)11/h2-5,7,15,20H,6,8H2,1H3,(H,16,19)(H,17,18). The lowest BCUT2D eigenvalue weighted by molar-refractivity contribution is -0.141. The summed E-state index contributed by atoms with van der Waals surface area (Å²) in [6.07, 6.45) is 1.16. The van der Waals surface area contributed by atoms with Crippen molar-refractivity contribution in [1.82, 2.24) is 10.3 Å². The lowest BCUT2D eigenvalue weighted by atomic mass is 10.0. The number of carbonyl (C=O) groups excluding carboxylic acids is 1. The molecule has 0 fully saturated rings. The smallest absolute Gasteiger partial charge is 0.306 e. The number of amides is 1. The SMILES string of the molecule is CC(O)(CNC(=O)c1c[nH]c2ccccc12)CC(=O)O. The summed E-state index contributed by atoms with van der Waals surface area (Å²) < 4.78 is 0. The minimum Gasteiger partial charge on any atom is -0.481 e. The van der Waals surface area contributed by atoms with Crippen LogP contribution in [-0.2, 0) is 4.79 Å². The maximum Gasteiger partial charge on any atom is 0.306 e. The molecule has 0 saturated carbocycles. The average Bonchev–Trinajstić information content (AvgIpc) is 2.78. The number of aromatic nitrogens is 1. The predicted octanol–water partition coefficient (Wildman–Crippen LogP) is 1.12. The van der Waals surface area contributed by atoms with Gasteiger partial charge < -0.3 is 20.5 Å². The minimum absolute atomic E-state index is 0.127. The van der Waals surface area contributed by atoms with Gasteiger partial charge in [-0.1, -0.05) is 18.2 Å². The average molecular weight is 276 g/mol. The highest BCUT2D eigenvalue weighted by Gasteiger charge is 2.25. The van der Waals surface area contributed by atoms with Crippen LogP contribution < -0.4 is 5.32 Å². The number of para-hydroxylation sites is 1. The molecule has 6 heteroatoms. The van der Waals surface area contributed by atoms with Gasteiger partial charge in [0.1, 0.15) is 0 Å². The molecule has 0 bridgehead atoms. The molecule has 1 unspecified atom stereocenters. The van der Waals surface area contributed by atoms with E-state index in [0.29, 0.717) is 5.56 Å². The third-order valence-corrected chi connectivity index (χ3v) is 3.00. The van der Waals surface area contributed by atoms with E-state index in [0.717, 1.165) is 10.9 Å². The summed E-state index contributed by atoms with van der Waals surface area (Å²) in [5.41, 5.74) is -0.171. The van der Waals surface area contributed by atoms with Gasteiger partial charge >= 0.3 is 5.97 Å². The van der Waals surface area contributed by atoms with E-state index in [1.807, 2.05) is 24.3 Å². The summed E-state index contributed by atoms with van der Waals surface area (Å²) in [6, 6.07) is 7.36. The van der Waals surface area contributed by atoms with E-state index in [1.54, 1.807) is 6.20 Å². The van der Waals surface area contributed by atoms with Crippen LogP contribution in [0.4, 0.5) is 0 Å². The largest absolute Gasteiger partial charge is 0.481 e. The Balaban J connectivity index is 2.07.